The van der Waals surface area contributed by atoms with Crippen molar-refractivity contribution in [1.29, 1.82) is 0 Å². The van der Waals surface area contributed by atoms with E-state index in [9.17, 15) is 12.8 Å². The van der Waals surface area contributed by atoms with E-state index in [-0.39, 0.29) is 17.6 Å². The fourth-order valence-corrected chi connectivity index (χ4v) is 5.17. The fourth-order valence-electron chi connectivity index (χ4n) is 4.04. The largest absolute Gasteiger partial charge is 0.397 e. The molecule has 2 heterocycles. The number of nitrogens with two attached hydrogens (primary N) is 2. The zero-order valence-corrected chi connectivity index (χ0v) is 22.8. The van der Waals surface area contributed by atoms with E-state index >= 15 is 4.39 Å². The molecule has 1 aromatic carbocycles. The number of hydrazine groups is 1. The summed E-state index contributed by atoms with van der Waals surface area (Å²) in [6.45, 7) is 10.6. The van der Waals surface area contributed by atoms with E-state index in [4.69, 9.17) is 16.3 Å². The van der Waals surface area contributed by atoms with Crippen LogP contribution in [0.3, 0.4) is 0 Å². The number of nitrogens with one attached hydrogen (secondary N) is 1. The lowest BCUT2D eigenvalue weighted by Crippen LogP contribution is -2.47. The lowest BCUT2D eigenvalue weighted by Gasteiger charge is -2.36. The van der Waals surface area contributed by atoms with Gasteiger partial charge in [-0.15, -0.1) is 0 Å². The highest BCUT2D eigenvalue weighted by Crippen LogP contribution is 2.29. The molecular formula is C25H37F2N7O3S. The van der Waals surface area contributed by atoms with E-state index in [1.165, 1.54) is 12.4 Å². The van der Waals surface area contributed by atoms with Gasteiger partial charge in [0.1, 0.15) is 5.69 Å². The third-order valence-electron chi connectivity index (χ3n) is 5.99. The van der Waals surface area contributed by atoms with Crippen LogP contribution in [-0.4, -0.2) is 69.5 Å². The van der Waals surface area contributed by atoms with Gasteiger partial charge in [0.15, 0.2) is 11.6 Å². The zero-order valence-electron chi connectivity index (χ0n) is 22.0. The number of halogens is 2. The van der Waals surface area contributed by atoms with Gasteiger partial charge in [-0.2, -0.15) is 0 Å². The molecule has 1 aromatic heterocycles. The van der Waals surface area contributed by atoms with Crippen LogP contribution in [0.4, 0.5) is 25.8 Å². The Morgan fingerprint density at radius 1 is 1.24 bits per heavy atom. The first-order chi connectivity index (χ1) is 18.0. The highest BCUT2D eigenvalue weighted by molar-refractivity contribution is 7.92. The SMILES string of the molecule is CCCS(=O)(=O)Nc1ccc(F)c(N(N)/C=C(\N)c2cncc(N3CCN(CCOC(C)C)CC3)c2)c1F. The molecule has 0 spiro atoms. The molecular weight excluding hydrogens is 516 g/mol. The lowest BCUT2D eigenvalue weighted by molar-refractivity contribution is 0.0579. The first-order valence-corrected chi connectivity index (χ1v) is 14.2. The van der Waals surface area contributed by atoms with Crippen molar-refractivity contribution in [3.8, 4) is 0 Å². The number of nitrogens with zero attached hydrogens (tertiary/aromatic N) is 4. The Kier molecular flexibility index (Phi) is 10.3. The highest BCUT2D eigenvalue weighted by Gasteiger charge is 2.21. The van der Waals surface area contributed by atoms with Crippen LogP contribution in [0.1, 0.15) is 32.8 Å². The standard InChI is InChI=1S/C25H37F2N7O3S/c1-4-13-38(35,36)31-23-6-5-21(26)25(24(23)27)34(29)17-22(28)19-14-20(16-30-15-19)33-9-7-32(8-10-33)11-12-37-18(2)3/h5-6,14-18,31H,4,7-13,28-29H2,1-3H3/b22-17-. The number of hydrogen-bond donors (Lipinski definition) is 3. The monoisotopic (exact) mass is 553 g/mol. The Labute approximate surface area is 223 Å². The number of pyridine rings is 1. The molecule has 0 amide bonds. The Morgan fingerprint density at radius 3 is 2.61 bits per heavy atom. The van der Waals surface area contributed by atoms with Crippen LogP contribution >= 0.6 is 0 Å². The maximum atomic E-state index is 15.1. The van der Waals surface area contributed by atoms with Gasteiger partial charge in [-0.3, -0.25) is 19.6 Å². The minimum Gasteiger partial charge on any atom is -0.397 e. The molecule has 0 saturated carbocycles. The summed E-state index contributed by atoms with van der Waals surface area (Å²) in [5.41, 5.74) is 6.67. The predicted octanol–water partition coefficient (Wildman–Crippen LogP) is 2.70. The van der Waals surface area contributed by atoms with Gasteiger partial charge < -0.3 is 15.4 Å². The van der Waals surface area contributed by atoms with Crippen molar-refractivity contribution >= 4 is 32.8 Å². The van der Waals surface area contributed by atoms with Gasteiger partial charge >= 0.3 is 0 Å². The molecule has 1 fully saturated rings. The molecule has 0 aliphatic carbocycles. The first-order valence-electron chi connectivity index (χ1n) is 12.5. The summed E-state index contributed by atoms with van der Waals surface area (Å²) >= 11 is 0. The Morgan fingerprint density at radius 2 is 1.95 bits per heavy atom. The predicted molar refractivity (Wildman–Crippen MR) is 147 cm³/mol. The second kappa shape index (κ2) is 13.2. The van der Waals surface area contributed by atoms with E-state index in [0.29, 0.717) is 23.6 Å². The lowest BCUT2D eigenvalue weighted by atomic mass is 10.2. The van der Waals surface area contributed by atoms with Crippen molar-refractivity contribution in [2.24, 2.45) is 11.6 Å². The second-order valence-corrected chi connectivity index (χ2v) is 11.2. The van der Waals surface area contributed by atoms with Gasteiger partial charge in [-0.1, -0.05) is 6.92 Å². The molecule has 0 bridgehead atoms. The molecule has 5 N–H and O–H groups in total. The van der Waals surface area contributed by atoms with Crippen LogP contribution in [0.2, 0.25) is 0 Å². The smallest absolute Gasteiger partial charge is 0.232 e. The van der Waals surface area contributed by atoms with Crippen LogP contribution in [-0.2, 0) is 14.8 Å². The van der Waals surface area contributed by atoms with Gasteiger partial charge in [0.25, 0.3) is 0 Å². The normalized spacial score (nSPS) is 15.2. The van der Waals surface area contributed by atoms with Crippen molar-refractivity contribution in [1.82, 2.24) is 9.88 Å². The summed E-state index contributed by atoms with van der Waals surface area (Å²) in [4.78, 5) is 8.81. The summed E-state index contributed by atoms with van der Waals surface area (Å²) in [5, 5.41) is 0.697. The first kappa shape index (κ1) is 29.6. The van der Waals surface area contributed by atoms with E-state index in [1.54, 1.807) is 13.1 Å². The molecule has 0 radical (unpaired) electrons. The average Bonchev–Trinajstić information content (AvgIpc) is 2.86. The van der Waals surface area contributed by atoms with Crippen LogP contribution in [0.5, 0.6) is 0 Å². The second-order valence-electron chi connectivity index (χ2n) is 9.35. The molecule has 1 aliphatic heterocycles. The molecule has 13 heteroatoms. The van der Waals surface area contributed by atoms with Crippen LogP contribution in [0.25, 0.3) is 5.70 Å². The van der Waals surface area contributed by atoms with Gasteiger partial charge in [-0.05, 0) is 38.5 Å². The van der Waals surface area contributed by atoms with Gasteiger partial charge in [0, 0.05) is 50.7 Å². The molecule has 38 heavy (non-hydrogen) atoms. The van der Waals surface area contributed by atoms with Crippen molar-refractivity contribution < 1.29 is 21.9 Å². The van der Waals surface area contributed by atoms with Crippen molar-refractivity contribution in [2.45, 2.75) is 33.3 Å². The summed E-state index contributed by atoms with van der Waals surface area (Å²) < 4.78 is 61.5. The molecule has 210 valence electrons. The van der Waals surface area contributed by atoms with Crippen LogP contribution < -0.4 is 26.2 Å². The molecule has 1 aliphatic rings. The number of rotatable bonds is 12. The van der Waals surface area contributed by atoms with Crippen molar-refractivity contribution in [2.75, 3.05) is 59.7 Å². The van der Waals surface area contributed by atoms with Gasteiger partial charge in [-0.25, -0.2) is 23.0 Å². The third-order valence-corrected chi connectivity index (χ3v) is 7.47. The molecule has 2 aromatic rings. The van der Waals surface area contributed by atoms with Crippen LogP contribution in [0, 0.1) is 11.6 Å². The Bertz CT molecular complexity index is 1220. The minimum absolute atomic E-state index is 0.127. The molecule has 0 atom stereocenters. The number of sulfonamides is 1. The number of ether oxygens (including phenoxy) is 1. The van der Waals surface area contributed by atoms with Gasteiger partial charge in [0.2, 0.25) is 10.0 Å². The van der Waals surface area contributed by atoms with E-state index in [0.717, 1.165) is 50.5 Å². The van der Waals surface area contributed by atoms with Crippen LogP contribution in [0.15, 0.2) is 36.8 Å². The molecule has 1 saturated heterocycles. The maximum Gasteiger partial charge on any atom is 0.232 e. The number of hydrogen-bond acceptors (Lipinski definition) is 9. The quantitative estimate of drug-likeness (QED) is 0.268. The number of aromatic nitrogens is 1. The number of piperazine rings is 1. The van der Waals surface area contributed by atoms with E-state index < -0.39 is 33.0 Å². The highest BCUT2D eigenvalue weighted by atomic mass is 32.2. The maximum absolute atomic E-state index is 15.1. The minimum atomic E-state index is -3.79. The Hall–Kier alpha value is -3.00. The zero-order chi connectivity index (χ0) is 27.9. The fraction of sp³-hybridized carbons (Fsp3) is 0.480. The number of anilines is 3. The molecule has 3 rings (SSSR count). The van der Waals surface area contributed by atoms with E-state index in [2.05, 4.69) is 19.5 Å². The molecule has 10 nitrogen and oxygen atoms in total. The number of benzene rings is 1. The van der Waals surface area contributed by atoms with Crippen molar-refractivity contribution in [3.05, 3.63) is 54.0 Å². The molecule has 0 unspecified atom stereocenters. The van der Waals surface area contributed by atoms with E-state index in [1.807, 2.05) is 19.9 Å². The summed E-state index contributed by atoms with van der Waals surface area (Å²) in [5.74, 6) is 3.62. The average molecular weight is 554 g/mol. The summed E-state index contributed by atoms with van der Waals surface area (Å²) in [6.07, 6.45) is 4.98. The Balaban J connectivity index is 1.72. The third kappa shape index (κ3) is 8.00. The van der Waals surface area contributed by atoms with Crippen molar-refractivity contribution in [3.63, 3.8) is 0 Å². The van der Waals surface area contributed by atoms with Gasteiger partial charge in [0.05, 0.1) is 41.7 Å². The summed E-state index contributed by atoms with van der Waals surface area (Å²) in [6, 6.07) is 3.78. The topological polar surface area (TPSA) is 130 Å². The summed E-state index contributed by atoms with van der Waals surface area (Å²) in [7, 11) is -3.79.